The monoisotopic (exact) mass is 1020 g/mol. The molecule has 8 nitrogen and oxygen atoms in total. The second kappa shape index (κ2) is 53.3. The summed E-state index contributed by atoms with van der Waals surface area (Å²) < 4.78 is 23.4. The lowest BCUT2D eigenvalue weighted by Gasteiger charge is -2.29. The van der Waals surface area contributed by atoms with Gasteiger partial charge in [0.05, 0.1) is 39.9 Å². The van der Waals surface area contributed by atoms with Crippen molar-refractivity contribution >= 4 is 13.7 Å². The molecular weight excluding hydrogens is 912 g/mol. The number of rotatable bonds is 53. The molecule has 72 heavy (non-hydrogen) atoms. The summed E-state index contributed by atoms with van der Waals surface area (Å²) in [5, 5.41) is 13.9. The number of carbonyl (C=O) groups excluding carboxylic acids is 1. The summed E-state index contributed by atoms with van der Waals surface area (Å²) in [6.45, 7) is 4.52. The van der Waals surface area contributed by atoms with Crippen molar-refractivity contribution in [2.24, 2.45) is 0 Å². The Morgan fingerprint density at radius 1 is 0.500 bits per heavy atom. The lowest BCUT2D eigenvalue weighted by Crippen LogP contribution is -2.45. The summed E-state index contributed by atoms with van der Waals surface area (Å²) in [4.78, 5) is 25.5. The number of hydrogen-bond acceptors (Lipinski definition) is 6. The second-order valence-corrected chi connectivity index (χ2v) is 22.4. The van der Waals surface area contributed by atoms with E-state index in [0.717, 1.165) is 83.5 Å². The van der Waals surface area contributed by atoms with Gasteiger partial charge in [0.15, 0.2) is 0 Å². The Morgan fingerprint density at radius 3 is 1.24 bits per heavy atom. The highest BCUT2D eigenvalue weighted by Crippen LogP contribution is 2.38. The predicted octanol–water partition coefficient (Wildman–Crippen LogP) is 17.6. The molecule has 0 rings (SSSR count). The van der Waals surface area contributed by atoms with Gasteiger partial charge in [0, 0.05) is 6.42 Å². The minimum absolute atomic E-state index is 0.0129. The molecule has 3 atom stereocenters. The van der Waals surface area contributed by atoms with Crippen molar-refractivity contribution in [3.63, 3.8) is 0 Å². The average Bonchev–Trinajstić information content (AvgIpc) is 3.34. The van der Waals surface area contributed by atoms with E-state index in [1.165, 1.54) is 135 Å². The first kappa shape index (κ1) is 69.4. The van der Waals surface area contributed by atoms with Crippen molar-refractivity contribution in [1.82, 2.24) is 5.32 Å². The van der Waals surface area contributed by atoms with Crippen molar-refractivity contribution in [2.75, 3.05) is 40.9 Å². The van der Waals surface area contributed by atoms with E-state index in [0.29, 0.717) is 23.9 Å². The zero-order valence-electron chi connectivity index (χ0n) is 47.4. The standard InChI is InChI=1S/C63H113N2O6P/c1-6-8-10-12-14-16-18-20-22-24-26-28-30-32-34-36-38-40-42-44-46-48-50-52-54-56-62(66)61(60-71-72(68,69)70-59-58-65(3,4)5)64-63(67)57-55-53-51-49-47-45-43-41-39-37-35-33-31-29-27-25-23-21-19-17-15-13-11-9-7-2/h9,11,15,17,21,23,27,29,33,35,39,41,45,47,54,56,61-62,66H,6-8,10,12-14,16,18-20,22,24-26,28,30-32,34,36-38,40,42-44,46,48-53,55,57-60H2,1-5H3,(H-,64,67,68,69)/b11-9-,17-15-,23-21-,29-27-,35-33-,41-39-,47-45-,56-54+. The maximum Gasteiger partial charge on any atom is 0.268 e. The van der Waals surface area contributed by atoms with Crippen LogP contribution in [0.4, 0.5) is 0 Å². The fourth-order valence-electron chi connectivity index (χ4n) is 8.19. The number of hydrogen-bond donors (Lipinski definition) is 2. The summed E-state index contributed by atoms with van der Waals surface area (Å²) in [6, 6.07) is -0.913. The maximum atomic E-state index is 13.0. The van der Waals surface area contributed by atoms with Gasteiger partial charge in [-0.2, -0.15) is 0 Å². The van der Waals surface area contributed by atoms with Gasteiger partial charge in [-0.3, -0.25) is 9.36 Å². The highest BCUT2D eigenvalue weighted by Gasteiger charge is 2.23. The molecule has 0 radical (unpaired) electrons. The van der Waals surface area contributed by atoms with Gasteiger partial charge in [-0.1, -0.05) is 259 Å². The zero-order chi connectivity index (χ0) is 52.7. The van der Waals surface area contributed by atoms with Crippen LogP contribution in [0.2, 0.25) is 0 Å². The smallest absolute Gasteiger partial charge is 0.268 e. The van der Waals surface area contributed by atoms with Crippen LogP contribution in [-0.2, 0) is 18.4 Å². The van der Waals surface area contributed by atoms with E-state index in [4.69, 9.17) is 9.05 Å². The minimum atomic E-state index is -4.62. The van der Waals surface area contributed by atoms with Gasteiger partial charge in [-0.15, -0.1) is 0 Å². The van der Waals surface area contributed by atoms with Gasteiger partial charge in [-0.05, 0) is 77.0 Å². The lowest BCUT2D eigenvalue weighted by atomic mass is 10.0. The first-order chi connectivity index (χ1) is 35.0. The molecule has 3 unspecified atom stereocenters. The third kappa shape index (κ3) is 55.2. The summed E-state index contributed by atoms with van der Waals surface area (Å²) >= 11 is 0. The molecule has 2 N–H and O–H groups in total. The Labute approximate surface area is 445 Å². The van der Waals surface area contributed by atoms with Crippen LogP contribution in [-0.4, -0.2) is 68.5 Å². The number of nitrogens with zero attached hydrogens (tertiary/aromatic N) is 1. The second-order valence-electron chi connectivity index (χ2n) is 21.0. The number of likely N-dealkylation sites (N-methyl/N-ethyl adjacent to an activating group) is 1. The van der Waals surface area contributed by atoms with Crippen LogP contribution in [0.1, 0.15) is 245 Å². The van der Waals surface area contributed by atoms with Crippen molar-refractivity contribution in [2.45, 2.75) is 257 Å². The molecule has 0 saturated carbocycles. The molecule has 416 valence electrons. The molecule has 0 aliphatic heterocycles. The molecule has 0 heterocycles. The average molecular weight is 1030 g/mol. The minimum Gasteiger partial charge on any atom is -0.756 e. The van der Waals surface area contributed by atoms with E-state index < -0.39 is 26.6 Å². The topological polar surface area (TPSA) is 108 Å². The Kier molecular flexibility index (Phi) is 51.3. The molecule has 0 spiro atoms. The number of phosphoric acid groups is 1. The van der Waals surface area contributed by atoms with E-state index in [9.17, 15) is 19.4 Å². The first-order valence-electron chi connectivity index (χ1n) is 29.6. The van der Waals surface area contributed by atoms with Crippen LogP contribution in [0.5, 0.6) is 0 Å². The molecule has 0 aromatic rings. The molecule has 1 amide bonds. The van der Waals surface area contributed by atoms with Gasteiger partial charge in [-0.25, -0.2) is 0 Å². The van der Waals surface area contributed by atoms with Gasteiger partial charge >= 0.3 is 0 Å². The lowest BCUT2D eigenvalue weighted by molar-refractivity contribution is -0.870. The van der Waals surface area contributed by atoms with Gasteiger partial charge in [0.1, 0.15) is 13.2 Å². The maximum absolute atomic E-state index is 13.0. The van der Waals surface area contributed by atoms with E-state index in [1.54, 1.807) is 6.08 Å². The van der Waals surface area contributed by atoms with Crippen LogP contribution < -0.4 is 10.2 Å². The van der Waals surface area contributed by atoms with Crippen LogP contribution in [0, 0.1) is 0 Å². The highest BCUT2D eigenvalue weighted by atomic mass is 31.2. The van der Waals surface area contributed by atoms with Crippen LogP contribution >= 0.6 is 7.82 Å². The molecule has 0 aliphatic rings. The number of amides is 1. The molecular formula is C63H113N2O6P. The first-order valence-corrected chi connectivity index (χ1v) is 31.1. The van der Waals surface area contributed by atoms with E-state index in [2.05, 4.69) is 104 Å². The Hall–Kier alpha value is -2.58. The van der Waals surface area contributed by atoms with Crippen LogP contribution in [0.3, 0.4) is 0 Å². The molecule has 0 aromatic carbocycles. The quantitative estimate of drug-likeness (QED) is 0.0272. The number of nitrogens with one attached hydrogen (secondary N) is 1. The number of aliphatic hydroxyl groups is 1. The Morgan fingerprint density at radius 2 is 0.847 bits per heavy atom. The van der Waals surface area contributed by atoms with E-state index in [1.807, 2.05) is 27.2 Å². The predicted molar refractivity (Wildman–Crippen MR) is 311 cm³/mol. The summed E-state index contributed by atoms with van der Waals surface area (Å²) in [5.41, 5.74) is 0. The summed E-state index contributed by atoms with van der Waals surface area (Å²) in [5.74, 6) is -0.231. The van der Waals surface area contributed by atoms with Crippen molar-refractivity contribution < 1.29 is 32.9 Å². The van der Waals surface area contributed by atoms with Crippen LogP contribution in [0.15, 0.2) is 97.2 Å². The molecule has 9 heteroatoms. The number of carbonyl (C=O) groups is 1. The third-order valence-corrected chi connectivity index (χ3v) is 13.8. The van der Waals surface area contributed by atoms with Crippen molar-refractivity contribution in [1.29, 1.82) is 0 Å². The van der Waals surface area contributed by atoms with Crippen molar-refractivity contribution in [3.8, 4) is 0 Å². The molecule has 0 aromatic heterocycles. The van der Waals surface area contributed by atoms with Crippen LogP contribution in [0.25, 0.3) is 0 Å². The molecule has 0 bridgehead atoms. The molecule has 0 saturated heterocycles. The Bertz CT molecular complexity index is 1490. The number of unbranched alkanes of at least 4 members (excludes halogenated alkanes) is 26. The fourth-order valence-corrected chi connectivity index (χ4v) is 8.92. The summed E-state index contributed by atoms with van der Waals surface area (Å²) in [7, 11) is 1.23. The normalized spacial score (nSPS) is 14.6. The Balaban J connectivity index is 4.31. The van der Waals surface area contributed by atoms with Gasteiger partial charge in [0.25, 0.3) is 7.82 Å². The van der Waals surface area contributed by atoms with Gasteiger partial charge < -0.3 is 28.8 Å². The molecule has 0 fully saturated rings. The van der Waals surface area contributed by atoms with E-state index >= 15 is 0 Å². The van der Waals surface area contributed by atoms with Crippen molar-refractivity contribution in [3.05, 3.63) is 97.2 Å². The largest absolute Gasteiger partial charge is 0.756 e. The fraction of sp³-hybridized carbons (Fsp3) is 0.730. The SMILES string of the molecule is CC/C=C\C/C=C\C/C=C\C/C=C\C/C=C\C/C=C\C/C=C\CCCCCC(=O)NC(COP(=O)([O-])OCC[N+](C)(C)C)C(O)/C=C/CCCCCCCCCCCCCCCCCCCCCCCCC. The zero-order valence-corrected chi connectivity index (χ0v) is 48.2. The summed E-state index contributed by atoms with van der Waals surface area (Å²) in [6.07, 6.45) is 76.3. The van der Waals surface area contributed by atoms with E-state index in [-0.39, 0.29) is 12.5 Å². The van der Waals surface area contributed by atoms with Gasteiger partial charge in [0.2, 0.25) is 5.91 Å². The number of aliphatic hydroxyl groups excluding tert-OH is 1. The third-order valence-electron chi connectivity index (χ3n) is 12.8. The number of phosphoric ester groups is 1. The molecule has 0 aliphatic carbocycles. The number of quaternary nitrogens is 1. The highest BCUT2D eigenvalue weighted by molar-refractivity contribution is 7.45. The number of allylic oxidation sites excluding steroid dienone is 15.